The van der Waals surface area contributed by atoms with Crippen LogP contribution in [0.2, 0.25) is 0 Å². The second kappa shape index (κ2) is 4.29. The number of benzene rings is 1. The lowest BCUT2D eigenvalue weighted by Gasteiger charge is -2.23. The Morgan fingerprint density at radius 1 is 1.33 bits per heavy atom. The van der Waals surface area contributed by atoms with E-state index < -0.39 is 23.0 Å². The third kappa shape index (κ3) is 2.01. The second-order valence-electron chi connectivity index (χ2n) is 4.35. The number of Topliss-reactive ketones (excluding diaryl/α,β-unsaturated/α-hetero) is 1. The van der Waals surface area contributed by atoms with Gasteiger partial charge in [-0.15, -0.1) is 0 Å². The molecule has 0 aliphatic carbocycles. The van der Waals surface area contributed by atoms with E-state index in [1.807, 2.05) is 0 Å². The fourth-order valence-electron chi connectivity index (χ4n) is 1.60. The summed E-state index contributed by atoms with van der Waals surface area (Å²) in [5.74, 6) is -2.10. The van der Waals surface area contributed by atoms with Crippen molar-refractivity contribution in [3.8, 4) is 0 Å². The molecule has 6 heteroatoms. The van der Waals surface area contributed by atoms with Crippen LogP contribution in [0.1, 0.15) is 24.2 Å². The normalized spacial score (nSPS) is 11.6. The van der Waals surface area contributed by atoms with Crippen molar-refractivity contribution in [3.05, 3.63) is 48.1 Å². The van der Waals surface area contributed by atoms with Crippen LogP contribution < -0.4 is 0 Å². The molecular weight excluding hydrogens is 240 g/mol. The zero-order valence-corrected chi connectivity index (χ0v) is 9.89. The van der Waals surface area contributed by atoms with Crippen molar-refractivity contribution >= 4 is 5.78 Å². The molecule has 0 spiro atoms. The Morgan fingerprint density at radius 3 is 2.61 bits per heavy atom. The minimum atomic E-state index is -1.09. The van der Waals surface area contributed by atoms with Gasteiger partial charge in [-0.25, -0.2) is 18.4 Å². The Labute approximate surface area is 102 Å². The average Bonchev–Trinajstić information content (AvgIpc) is 2.82. The Kier molecular flexibility index (Phi) is 2.94. The summed E-state index contributed by atoms with van der Waals surface area (Å²) in [6, 6.07) is 2.87. The molecule has 2 rings (SSSR count). The Balaban J connectivity index is 2.42. The van der Waals surface area contributed by atoms with Gasteiger partial charge < -0.3 is 0 Å². The molecule has 0 amide bonds. The third-order valence-electron chi connectivity index (χ3n) is 2.72. The van der Waals surface area contributed by atoms with Crippen LogP contribution >= 0.6 is 0 Å². The molecule has 0 aliphatic rings. The van der Waals surface area contributed by atoms with Crippen LogP contribution in [-0.2, 0) is 5.54 Å². The largest absolute Gasteiger partial charge is 0.291 e. The highest BCUT2D eigenvalue weighted by Gasteiger charge is 2.33. The molecule has 0 fully saturated rings. The molecule has 2 aromatic rings. The Hall–Kier alpha value is -2.11. The van der Waals surface area contributed by atoms with Gasteiger partial charge in [-0.3, -0.25) is 4.79 Å². The van der Waals surface area contributed by atoms with Gasteiger partial charge in [0.05, 0.1) is 5.56 Å². The van der Waals surface area contributed by atoms with Gasteiger partial charge in [-0.1, -0.05) is 0 Å². The van der Waals surface area contributed by atoms with Gasteiger partial charge >= 0.3 is 0 Å². The predicted octanol–water partition coefficient (Wildman–Crippen LogP) is 2.17. The zero-order valence-electron chi connectivity index (χ0n) is 9.89. The van der Waals surface area contributed by atoms with Crippen molar-refractivity contribution < 1.29 is 13.6 Å². The number of rotatable bonds is 3. The van der Waals surface area contributed by atoms with Gasteiger partial charge in [0.2, 0.25) is 0 Å². The molecule has 0 radical (unpaired) electrons. The number of carbonyl (C=O) groups is 1. The van der Waals surface area contributed by atoms with Crippen LogP contribution in [0.25, 0.3) is 0 Å². The first-order valence-corrected chi connectivity index (χ1v) is 5.28. The van der Waals surface area contributed by atoms with E-state index >= 15 is 0 Å². The lowest BCUT2D eigenvalue weighted by Crippen LogP contribution is -2.36. The number of nitrogens with zero attached hydrogens (tertiary/aromatic N) is 3. The number of ketones is 1. The van der Waals surface area contributed by atoms with E-state index in [0.29, 0.717) is 6.07 Å². The van der Waals surface area contributed by atoms with E-state index in [0.717, 1.165) is 12.1 Å². The molecule has 0 unspecified atom stereocenters. The predicted molar refractivity (Wildman–Crippen MR) is 60.0 cm³/mol. The Bertz CT molecular complexity index is 579. The molecule has 0 saturated carbocycles. The minimum Gasteiger partial charge on any atom is -0.291 e. The van der Waals surface area contributed by atoms with Gasteiger partial charge in [0, 0.05) is 6.07 Å². The number of hydrogen-bond donors (Lipinski definition) is 0. The summed E-state index contributed by atoms with van der Waals surface area (Å²) in [5.41, 5.74) is -1.26. The highest BCUT2D eigenvalue weighted by Crippen LogP contribution is 2.22. The van der Waals surface area contributed by atoms with Crippen LogP contribution in [0.3, 0.4) is 0 Å². The van der Waals surface area contributed by atoms with E-state index in [-0.39, 0.29) is 5.56 Å². The van der Waals surface area contributed by atoms with Crippen molar-refractivity contribution in [2.24, 2.45) is 0 Å². The first kappa shape index (κ1) is 12.3. The Morgan fingerprint density at radius 2 is 2.06 bits per heavy atom. The van der Waals surface area contributed by atoms with Crippen LogP contribution in [0.15, 0.2) is 30.9 Å². The van der Waals surface area contributed by atoms with Gasteiger partial charge in [0.1, 0.15) is 29.8 Å². The molecule has 1 aromatic heterocycles. The highest BCUT2D eigenvalue weighted by atomic mass is 19.1. The fourth-order valence-corrected chi connectivity index (χ4v) is 1.60. The van der Waals surface area contributed by atoms with Crippen molar-refractivity contribution in [3.63, 3.8) is 0 Å². The topological polar surface area (TPSA) is 47.8 Å². The van der Waals surface area contributed by atoms with E-state index in [1.54, 1.807) is 13.8 Å². The van der Waals surface area contributed by atoms with Gasteiger partial charge in [-0.2, -0.15) is 5.10 Å². The molecule has 0 atom stereocenters. The zero-order chi connectivity index (χ0) is 13.3. The minimum absolute atomic E-state index is 0.170. The summed E-state index contributed by atoms with van der Waals surface area (Å²) in [4.78, 5) is 16.0. The molecule has 94 valence electrons. The maximum Gasteiger partial charge on any atom is 0.192 e. The first-order chi connectivity index (χ1) is 8.43. The van der Waals surface area contributed by atoms with E-state index in [4.69, 9.17) is 0 Å². The SMILES string of the molecule is CC(C)(C(=O)c1ccc(F)cc1F)n1cncn1. The summed E-state index contributed by atoms with van der Waals surface area (Å²) in [6.07, 6.45) is 2.66. The van der Waals surface area contributed by atoms with Crippen LogP contribution in [-0.4, -0.2) is 20.5 Å². The summed E-state index contributed by atoms with van der Waals surface area (Å²) in [6.45, 7) is 3.18. The molecule has 4 nitrogen and oxygen atoms in total. The molecule has 1 aromatic carbocycles. The number of aromatic nitrogens is 3. The monoisotopic (exact) mass is 251 g/mol. The van der Waals surface area contributed by atoms with Gasteiger partial charge in [0.15, 0.2) is 5.78 Å². The summed E-state index contributed by atoms with van der Waals surface area (Å²) < 4.78 is 27.7. The van der Waals surface area contributed by atoms with E-state index in [9.17, 15) is 13.6 Å². The first-order valence-electron chi connectivity index (χ1n) is 5.28. The maximum atomic E-state index is 13.6. The third-order valence-corrected chi connectivity index (χ3v) is 2.72. The maximum absolute atomic E-state index is 13.6. The number of carbonyl (C=O) groups excluding carboxylic acids is 1. The van der Waals surface area contributed by atoms with E-state index in [2.05, 4.69) is 10.1 Å². The summed E-state index contributed by atoms with van der Waals surface area (Å²) in [5, 5.41) is 3.87. The smallest absolute Gasteiger partial charge is 0.192 e. The highest BCUT2D eigenvalue weighted by molar-refractivity contribution is 6.01. The van der Waals surface area contributed by atoms with Gasteiger partial charge in [0.25, 0.3) is 0 Å². The summed E-state index contributed by atoms with van der Waals surface area (Å²) >= 11 is 0. The number of halogens is 2. The van der Waals surface area contributed by atoms with Crippen molar-refractivity contribution in [1.29, 1.82) is 0 Å². The van der Waals surface area contributed by atoms with Crippen molar-refractivity contribution in [2.45, 2.75) is 19.4 Å². The second-order valence-corrected chi connectivity index (χ2v) is 4.35. The lowest BCUT2D eigenvalue weighted by molar-refractivity contribution is 0.0828. The van der Waals surface area contributed by atoms with Crippen molar-refractivity contribution in [1.82, 2.24) is 14.8 Å². The molecule has 0 saturated heterocycles. The van der Waals surface area contributed by atoms with Crippen LogP contribution in [0.4, 0.5) is 8.78 Å². The summed E-state index contributed by atoms with van der Waals surface area (Å²) in [7, 11) is 0. The molecule has 0 aliphatic heterocycles. The lowest BCUT2D eigenvalue weighted by atomic mass is 9.93. The molecule has 0 bridgehead atoms. The molecule has 1 heterocycles. The van der Waals surface area contributed by atoms with E-state index in [1.165, 1.54) is 17.3 Å². The van der Waals surface area contributed by atoms with Crippen LogP contribution in [0.5, 0.6) is 0 Å². The molecular formula is C12H11F2N3O. The standard InChI is InChI=1S/C12H11F2N3O/c1-12(2,17-7-15-6-16-17)11(18)9-4-3-8(13)5-10(9)14/h3-7H,1-2H3. The average molecular weight is 251 g/mol. The molecule has 0 N–H and O–H groups in total. The number of hydrogen-bond acceptors (Lipinski definition) is 3. The fraction of sp³-hybridized carbons (Fsp3) is 0.250. The van der Waals surface area contributed by atoms with Crippen LogP contribution in [0, 0.1) is 11.6 Å². The molecule has 18 heavy (non-hydrogen) atoms. The quantitative estimate of drug-likeness (QED) is 0.785. The van der Waals surface area contributed by atoms with Gasteiger partial charge in [-0.05, 0) is 26.0 Å². The van der Waals surface area contributed by atoms with Crippen molar-refractivity contribution in [2.75, 3.05) is 0 Å².